The van der Waals surface area contributed by atoms with Crippen molar-refractivity contribution in [2.75, 3.05) is 0 Å². The molecule has 0 aliphatic heterocycles. The number of hydrogen-bond acceptors (Lipinski definition) is 3. The van der Waals surface area contributed by atoms with Crippen molar-refractivity contribution >= 4 is 47.8 Å². The van der Waals surface area contributed by atoms with Gasteiger partial charge < -0.3 is 15.0 Å². The van der Waals surface area contributed by atoms with Crippen LogP contribution >= 0.6 is 47.8 Å². The molecule has 0 atom stereocenters. The van der Waals surface area contributed by atoms with Gasteiger partial charge in [0.1, 0.15) is 0 Å². The van der Waals surface area contributed by atoms with Crippen LogP contribution in [0.5, 0.6) is 0 Å². The van der Waals surface area contributed by atoms with Gasteiger partial charge in [-0.25, -0.2) is 0 Å². The molecule has 0 N–H and O–H groups in total. The number of halogens is 3. The predicted molar refractivity (Wildman–Crippen MR) is 295 cm³/mol. The van der Waals surface area contributed by atoms with Gasteiger partial charge in [0.05, 0.1) is 0 Å². The van der Waals surface area contributed by atoms with Gasteiger partial charge in [-0.2, -0.15) is 0 Å². The number of pyridine rings is 3. The number of nitrogens with zero attached hydrogens (tertiary/aromatic N) is 3. The fourth-order valence-corrected chi connectivity index (χ4v) is 10.1. The summed E-state index contributed by atoms with van der Waals surface area (Å²) in [7, 11) is 0. The molecule has 342 valence electrons. The standard InChI is InChI=1S/C63H45Br3N3.Ir/c1-41-29-61(48-13-8-16-54(64)34-48)67-38-51(41)23-21-43-31-44(22-24-52-39-68-62(30-42(52)2)49-14-9-17-55(65)35-49)33-53(32-43)57-19-6-7-20-58(57)60-40-69-63(50-15-10-18-56(66)36-50)37-59(60)47-27-25-46(26-28-47)45-11-4-3-5-12-45;/h3-12,16-20,25-40H,21-24H2,1-2H3;/q-3;+3. The van der Waals surface area contributed by atoms with Gasteiger partial charge in [0, 0.05) is 24.2 Å². The molecule has 10 aromatic rings. The molecule has 0 bridgehead atoms. The molecule has 3 nitrogen and oxygen atoms in total. The van der Waals surface area contributed by atoms with Gasteiger partial charge in [-0.15, -0.1) is 89.5 Å². The topological polar surface area (TPSA) is 38.7 Å². The number of benzene rings is 7. The smallest absolute Gasteiger partial charge is 0.304 e. The first-order chi connectivity index (χ1) is 33.7. The molecule has 7 aromatic carbocycles. The molecule has 0 aliphatic carbocycles. The first-order valence-corrected chi connectivity index (χ1v) is 25.4. The van der Waals surface area contributed by atoms with E-state index in [-0.39, 0.29) is 20.1 Å². The number of aromatic nitrogens is 3. The van der Waals surface area contributed by atoms with Crippen LogP contribution in [-0.2, 0) is 45.8 Å². The van der Waals surface area contributed by atoms with E-state index in [0.717, 1.165) is 101 Å². The van der Waals surface area contributed by atoms with Crippen molar-refractivity contribution < 1.29 is 20.1 Å². The van der Waals surface area contributed by atoms with Crippen molar-refractivity contribution in [3.8, 4) is 78.3 Å². The summed E-state index contributed by atoms with van der Waals surface area (Å²) in [6, 6.07) is 70.1. The summed E-state index contributed by atoms with van der Waals surface area (Å²) < 4.78 is 3.02. The molecular formula is C63H45Br3IrN3. The summed E-state index contributed by atoms with van der Waals surface area (Å²) in [5.74, 6) is 0. The minimum Gasteiger partial charge on any atom is -0.304 e. The minimum atomic E-state index is 0. The maximum atomic E-state index is 5.12. The Labute approximate surface area is 450 Å². The van der Waals surface area contributed by atoms with Crippen molar-refractivity contribution in [1.82, 2.24) is 15.0 Å². The summed E-state index contributed by atoms with van der Waals surface area (Å²) in [6.07, 6.45) is 9.59. The van der Waals surface area contributed by atoms with E-state index in [4.69, 9.17) is 15.0 Å². The average molecular weight is 1280 g/mol. The van der Waals surface area contributed by atoms with Gasteiger partial charge in [0.25, 0.3) is 0 Å². The van der Waals surface area contributed by atoms with E-state index in [2.05, 4.69) is 213 Å². The molecule has 3 heterocycles. The molecule has 10 rings (SSSR count). The van der Waals surface area contributed by atoms with E-state index in [0.29, 0.717) is 0 Å². The molecule has 0 saturated carbocycles. The van der Waals surface area contributed by atoms with E-state index in [1.165, 1.54) is 50.1 Å². The predicted octanol–water partition coefficient (Wildman–Crippen LogP) is 17.4. The van der Waals surface area contributed by atoms with Crippen LogP contribution in [0.2, 0.25) is 0 Å². The number of rotatable bonds is 13. The third-order valence-corrected chi connectivity index (χ3v) is 14.2. The summed E-state index contributed by atoms with van der Waals surface area (Å²) in [5.41, 5.74) is 22.2. The second-order valence-electron chi connectivity index (χ2n) is 17.4. The van der Waals surface area contributed by atoms with Crippen LogP contribution in [0.15, 0.2) is 202 Å². The van der Waals surface area contributed by atoms with E-state index in [1.54, 1.807) is 0 Å². The zero-order valence-electron chi connectivity index (χ0n) is 38.5. The van der Waals surface area contributed by atoms with Crippen LogP contribution in [0.25, 0.3) is 78.3 Å². The summed E-state index contributed by atoms with van der Waals surface area (Å²) in [5, 5.41) is 0. The van der Waals surface area contributed by atoms with Crippen molar-refractivity contribution in [2.24, 2.45) is 0 Å². The fraction of sp³-hybridized carbons (Fsp3) is 0.0952. The van der Waals surface area contributed by atoms with E-state index < -0.39 is 0 Å². The van der Waals surface area contributed by atoms with Crippen molar-refractivity contribution in [3.63, 3.8) is 0 Å². The van der Waals surface area contributed by atoms with Gasteiger partial charge in [0.2, 0.25) is 0 Å². The SMILES string of the molecule is Cc1cc(-c2[c-]ccc(Br)c2)ncc1CCc1cc(CCc2cnc(-c3[c-]ccc(Br)c3)cc2C)cc(-c2ccccc2-c2cnc(-c3[c-]ccc(Br)c3)cc2-c2ccc(-c3ccccc3)cc2)c1.[Ir+3]. The van der Waals surface area contributed by atoms with Crippen LogP contribution in [0.3, 0.4) is 0 Å². The maximum Gasteiger partial charge on any atom is 3.00 e. The summed E-state index contributed by atoms with van der Waals surface area (Å²) in [6.45, 7) is 4.38. The van der Waals surface area contributed by atoms with E-state index in [9.17, 15) is 0 Å². The third kappa shape index (κ3) is 11.5. The largest absolute Gasteiger partial charge is 3.00 e. The normalized spacial score (nSPS) is 11.0. The van der Waals surface area contributed by atoms with Gasteiger partial charge >= 0.3 is 20.1 Å². The Morgan fingerprint density at radius 2 is 0.814 bits per heavy atom. The Morgan fingerprint density at radius 1 is 0.371 bits per heavy atom. The van der Waals surface area contributed by atoms with Crippen LogP contribution < -0.4 is 0 Å². The summed E-state index contributed by atoms with van der Waals surface area (Å²) in [4.78, 5) is 14.9. The second-order valence-corrected chi connectivity index (χ2v) is 20.1. The monoisotopic (exact) mass is 1270 g/mol. The molecule has 0 amide bonds. The molecule has 0 aliphatic rings. The van der Waals surface area contributed by atoms with Crippen LogP contribution in [0, 0.1) is 32.0 Å². The quantitative estimate of drug-likeness (QED) is 0.108. The average Bonchev–Trinajstić information content (AvgIpc) is 3.38. The molecular weight excluding hydrogens is 1230 g/mol. The maximum absolute atomic E-state index is 5.12. The van der Waals surface area contributed by atoms with Crippen molar-refractivity contribution in [2.45, 2.75) is 39.5 Å². The van der Waals surface area contributed by atoms with Gasteiger partial charge in [-0.3, -0.25) is 0 Å². The van der Waals surface area contributed by atoms with Crippen LogP contribution in [0.4, 0.5) is 0 Å². The molecule has 0 saturated heterocycles. The number of hydrogen-bond donors (Lipinski definition) is 0. The van der Waals surface area contributed by atoms with Gasteiger partial charge in [-0.1, -0.05) is 188 Å². The molecule has 0 radical (unpaired) electrons. The van der Waals surface area contributed by atoms with Crippen LogP contribution in [0.1, 0.15) is 33.4 Å². The molecule has 7 heteroatoms. The molecule has 3 aromatic heterocycles. The van der Waals surface area contributed by atoms with Gasteiger partial charge in [0.15, 0.2) is 0 Å². The number of aryl methyl sites for hydroxylation is 6. The fourth-order valence-electron chi connectivity index (χ4n) is 9.01. The zero-order chi connectivity index (χ0) is 47.3. The molecule has 0 spiro atoms. The first-order valence-electron chi connectivity index (χ1n) is 23.0. The third-order valence-electron chi connectivity index (χ3n) is 12.7. The Kier molecular flexibility index (Phi) is 15.7. The van der Waals surface area contributed by atoms with Crippen LogP contribution in [-0.4, -0.2) is 15.0 Å². The second kappa shape index (κ2) is 22.4. The Bertz CT molecular complexity index is 3350. The van der Waals surface area contributed by atoms with Gasteiger partial charge in [-0.05, 0) is 118 Å². The minimum absolute atomic E-state index is 0. The van der Waals surface area contributed by atoms with Crippen molar-refractivity contribution in [1.29, 1.82) is 0 Å². The summed E-state index contributed by atoms with van der Waals surface area (Å²) >= 11 is 10.9. The Morgan fingerprint density at radius 3 is 1.31 bits per heavy atom. The van der Waals surface area contributed by atoms with E-state index in [1.807, 2.05) is 55.0 Å². The Hall–Kier alpha value is -5.92. The van der Waals surface area contributed by atoms with Crippen molar-refractivity contribution in [3.05, 3.63) is 253 Å². The zero-order valence-corrected chi connectivity index (χ0v) is 45.7. The Balaban J connectivity index is 0.00000608. The van der Waals surface area contributed by atoms with E-state index >= 15 is 0 Å². The first kappa shape index (κ1) is 49.1. The molecule has 0 fully saturated rings. The molecule has 0 unspecified atom stereocenters. The molecule has 70 heavy (non-hydrogen) atoms.